The third-order valence-corrected chi connectivity index (χ3v) is 4.84. The smallest absolute Gasteiger partial charge is 0.266 e. The molecule has 2 rings (SSSR count). The summed E-state index contributed by atoms with van der Waals surface area (Å²) in [6.07, 6.45) is 1.83. The summed E-state index contributed by atoms with van der Waals surface area (Å²) in [4.78, 5) is 25.2. The van der Waals surface area contributed by atoms with Gasteiger partial charge in [-0.05, 0) is 18.6 Å². The first kappa shape index (κ1) is 18.3. The number of benzene rings is 1. The van der Waals surface area contributed by atoms with E-state index in [1.807, 2.05) is 0 Å². The Morgan fingerprint density at radius 3 is 2.67 bits per heavy atom. The average molecular weight is 366 g/mol. The number of thiocarbonyl (C=S) groups is 1. The molecule has 0 aliphatic carbocycles. The van der Waals surface area contributed by atoms with Crippen LogP contribution in [-0.2, 0) is 9.59 Å². The molecule has 1 heterocycles. The first-order valence-corrected chi connectivity index (χ1v) is 8.36. The number of rotatable bonds is 6. The van der Waals surface area contributed by atoms with E-state index in [4.69, 9.17) is 21.7 Å². The minimum absolute atomic E-state index is 0.198. The Kier molecular flexibility index (Phi) is 5.84. The van der Waals surface area contributed by atoms with Crippen molar-refractivity contribution in [2.75, 3.05) is 14.2 Å². The number of carboxylic acid groups (broad SMARTS) is 1. The molecule has 0 unspecified atom stereocenters. The van der Waals surface area contributed by atoms with Crippen molar-refractivity contribution in [3.05, 3.63) is 28.7 Å². The number of aliphatic carboxylic acids is 1. The van der Waals surface area contributed by atoms with Gasteiger partial charge >= 0.3 is 0 Å². The zero-order valence-electron chi connectivity index (χ0n) is 13.4. The lowest BCUT2D eigenvalue weighted by atomic mass is 10.1. The largest absolute Gasteiger partial charge is 0.548 e. The maximum Gasteiger partial charge on any atom is 0.266 e. The van der Waals surface area contributed by atoms with Crippen molar-refractivity contribution in [1.29, 1.82) is 0 Å². The molecule has 1 atom stereocenters. The number of hydrogen-bond donors (Lipinski definition) is 0. The summed E-state index contributed by atoms with van der Waals surface area (Å²) in [7, 11) is 3.02. The van der Waals surface area contributed by atoms with Gasteiger partial charge in [-0.1, -0.05) is 43.0 Å². The Labute approximate surface area is 149 Å². The van der Waals surface area contributed by atoms with Gasteiger partial charge in [-0.25, -0.2) is 0 Å². The molecule has 0 aromatic heterocycles. The molecule has 1 aromatic carbocycles. The van der Waals surface area contributed by atoms with Crippen molar-refractivity contribution in [3.8, 4) is 11.5 Å². The van der Waals surface area contributed by atoms with E-state index < -0.39 is 17.9 Å². The summed E-state index contributed by atoms with van der Waals surface area (Å²) in [6, 6.07) is 4.20. The zero-order valence-corrected chi connectivity index (χ0v) is 15.0. The van der Waals surface area contributed by atoms with Gasteiger partial charge in [0.15, 0.2) is 11.5 Å². The maximum absolute atomic E-state index is 12.6. The quantitative estimate of drug-likeness (QED) is 0.557. The standard InChI is InChI=1S/C16H17NO5S2/c1-4-10(15(19)20)17-14(18)12(24-16(17)23)8-9-6-5-7-11(21-2)13(9)22-3/h5-8,10H,4H2,1-3H3,(H,19,20)/p-1/b12-8+/t10-/m1/s1. The van der Waals surface area contributed by atoms with Crippen LogP contribution < -0.4 is 14.6 Å². The normalized spacial score (nSPS) is 17.3. The van der Waals surface area contributed by atoms with Crippen molar-refractivity contribution in [1.82, 2.24) is 4.90 Å². The molecule has 0 spiro atoms. The molecule has 24 heavy (non-hydrogen) atoms. The molecule has 0 N–H and O–H groups in total. The van der Waals surface area contributed by atoms with Gasteiger partial charge in [0.1, 0.15) is 4.32 Å². The fourth-order valence-corrected chi connectivity index (χ4v) is 3.72. The molecule has 1 amide bonds. The first-order chi connectivity index (χ1) is 11.4. The second kappa shape index (κ2) is 7.67. The summed E-state index contributed by atoms with van der Waals surface area (Å²) in [5, 5.41) is 11.2. The third-order valence-electron chi connectivity index (χ3n) is 3.51. The minimum atomic E-state index is -1.32. The Morgan fingerprint density at radius 2 is 2.12 bits per heavy atom. The maximum atomic E-state index is 12.6. The van der Waals surface area contributed by atoms with Crippen molar-refractivity contribution < 1.29 is 24.2 Å². The summed E-state index contributed by atoms with van der Waals surface area (Å²) < 4.78 is 10.8. The molecule has 1 fully saturated rings. The number of ether oxygens (including phenoxy) is 2. The summed E-state index contributed by atoms with van der Waals surface area (Å²) >= 11 is 6.21. The highest BCUT2D eigenvalue weighted by Crippen LogP contribution is 2.38. The van der Waals surface area contributed by atoms with Crippen LogP contribution in [0.4, 0.5) is 0 Å². The van der Waals surface area contributed by atoms with Crippen molar-refractivity contribution >= 4 is 46.3 Å². The number of para-hydroxylation sites is 1. The summed E-state index contributed by atoms with van der Waals surface area (Å²) in [5.74, 6) is -0.764. The number of methoxy groups -OCH3 is 2. The van der Waals surface area contributed by atoms with E-state index in [0.29, 0.717) is 22.0 Å². The van der Waals surface area contributed by atoms with Gasteiger partial charge in [-0.3, -0.25) is 9.69 Å². The summed E-state index contributed by atoms with van der Waals surface area (Å²) in [6.45, 7) is 1.66. The second-order valence-electron chi connectivity index (χ2n) is 4.88. The molecule has 0 saturated carbocycles. The van der Waals surface area contributed by atoms with Gasteiger partial charge in [0.25, 0.3) is 5.91 Å². The Bertz CT molecular complexity index is 716. The summed E-state index contributed by atoms with van der Waals surface area (Å²) in [5.41, 5.74) is 0.638. The number of carbonyl (C=O) groups is 2. The molecule has 8 heteroatoms. The van der Waals surface area contributed by atoms with Crippen LogP contribution >= 0.6 is 24.0 Å². The highest BCUT2D eigenvalue weighted by Gasteiger charge is 2.37. The van der Waals surface area contributed by atoms with Crippen LogP contribution in [0.3, 0.4) is 0 Å². The van der Waals surface area contributed by atoms with E-state index in [-0.39, 0.29) is 10.7 Å². The molecule has 6 nitrogen and oxygen atoms in total. The molecule has 0 bridgehead atoms. The first-order valence-electron chi connectivity index (χ1n) is 7.13. The van der Waals surface area contributed by atoms with E-state index >= 15 is 0 Å². The number of thioether (sulfide) groups is 1. The van der Waals surface area contributed by atoms with Crippen molar-refractivity contribution in [3.63, 3.8) is 0 Å². The molecule has 128 valence electrons. The molecular formula is C16H16NO5S2-. The van der Waals surface area contributed by atoms with E-state index in [0.717, 1.165) is 16.7 Å². The molecule has 1 aliphatic heterocycles. The topological polar surface area (TPSA) is 78.9 Å². The SMILES string of the molecule is CC[C@H](C(=O)[O-])N1C(=O)/C(=C\c2cccc(OC)c2OC)SC1=S. The number of hydrogen-bond acceptors (Lipinski definition) is 7. The lowest BCUT2D eigenvalue weighted by Crippen LogP contribution is -2.49. The van der Waals surface area contributed by atoms with E-state index in [9.17, 15) is 14.7 Å². The van der Waals surface area contributed by atoms with Crippen LogP contribution in [0.1, 0.15) is 18.9 Å². The lowest BCUT2D eigenvalue weighted by Gasteiger charge is -2.26. The molecule has 1 aliphatic rings. The van der Waals surface area contributed by atoms with Crippen LogP contribution in [0.2, 0.25) is 0 Å². The Morgan fingerprint density at radius 1 is 1.42 bits per heavy atom. The van der Waals surface area contributed by atoms with Crippen molar-refractivity contribution in [2.45, 2.75) is 19.4 Å². The van der Waals surface area contributed by atoms with E-state index in [2.05, 4.69) is 0 Å². The van der Waals surface area contributed by atoms with Crippen LogP contribution in [0.25, 0.3) is 6.08 Å². The number of nitrogens with zero attached hydrogens (tertiary/aromatic N) is 1. The van der Waals surface area contributed by atoms with Gasteiger partial charge in [0, 0.05) is 5.56 Å². The predicted molar refractivity (Wildman–Crippen MR) is 93.6 cm³/mol. The van der Waals surface area contributed by atoms with Crippen LogP contribution in [-0.4, -0.2) is 41.4 Å². The molecule has 0 radical (unpaired) electrons. The Hall–Kier alpha value is -2.06. The van der Waals surface area contributed by atoms with Gasteiger partial charge in [0.2, 0.25) is 0 Å². The highest BCUT2D eigenvalue weighted by atomic mass is 32.2. The number of amides is 1. The van der Waals surface area contributed by atoms with Crippen LogP contribution in [0, 0.1) is 0 Å². The van der Waals surface area contributed by atoms with Gasteiger partial charge in [0.05, 0.1) is 31.1 Å². The molecular weight excluding hydrogens is 350 g/mol. The third kappa shape index (κ3) is 3.39. The lowest BCUT2D eigenvalue weighted by molar-refractivity contribution is -0.310. The molecule has 1 saturated heterocycles. The molecule has 1 aromatic rings. The number of carbonyl (C=O) groups excluding carboxylic acids is 2. The van der Waals surface area contributed by atoms with Gasteiger partial charge in [-0.15, -0.1) is 0 Å². The monoisotopic (exact) mass is 366 g/mol. The van der Waals surface area contributed by atoms with Crippen LogP contribution in [0.5, 0.6) is 11.5 Å². The zero-order chi connectivity index (χ0) is 17.9. The second-order valence-corrected chi connectivity index (χ2v) is 6.55. The Balaban J connectivity index is 2.41. The van der Waals surface area contributed by atoms with Crippen LogP contribution in [0.15, 0.2) is 23.1 Å². The fourth-order valence-electron chi connectivity index (χ4n) is 2.37. The number of carboxylic acids is 1. The van der Waals surface area contributed by atoms with E-state index in [1.165, 1.54) is 14.2 Å². The highest BCUT2D eigenvalue weighted by molar-refractivity contribution is 8.26. The van der Waals surface area contributed by atoms with Crippen molar-refractivity contribution in [2.24, 2.45) is 0 Å². The van der Waals surface area contributed by atoms with Gasteiger partial charge < -0.3 is 19.4 Å². The predicted octanol–water partition coefficient (Wildman–Crippen LogP) is 1.43. The average Bonchev–Trinajstić information content (AvgIpc) is 2.82. The minimum Gasteiger partial charge on any atom is -0.548 e. The fraction of sp³-hybridized carbons (Fsp3) is 0.312. The van der Waals surface area contributed by atoms with E-state index in [1.54, 1.807) is 31.2 Å². The van der Waals surface area contributed by atoms with Gasteiger partial charge in [-0.2, -0.15) is 0 Å².